The number of allylic oxidation sites excluding steroid dienone is 1. The van der Waals surface area contributed by atoms with Crippen molar-refractivity contribution in [2.45, 2.75) is 112 Å². The summed E-state index contributed by atoms with van der Waals surface area (Å²) in [7, 11) is 0. The molecule has 0 aliphatic carbocycles. The Hall–Kier alpha value is -1.08. The monoisotopic (exact) mass is 361 g/mol. The van der Waals surface area contributed by atoms with Crippen molar-refractivity contribution in [3.8, 4) is 0 Å². The van der Waals surface area contributed by atoms with E-state index < -0.39 is 0 Å². The Balaban J connectivity index is 0. The molecule has 26 heavy (non-hydrogen) atoms. The highest BCUT2D eigenvalue weighted by Crippen LogP contribution is 2.23. The first-order chi connectivity index (χ1) is 12.4. The summed E-state index contributed by atoms with van der Waals surface area (Å²) in [6.07, 6.45) is 12.9. The maximum atomic E-state index is 5.11. The predicted molar refractivity (Wildman–Crippen MR) is 123 cm³/mol. The largest absolute Gasteiger partial charge is 0.328 e. The minimum absolute atomic E-state index is 0.333. The van der Waals surface area contributed by atoms with E-state index in [0.717, 1.165) is 6.42 Å². The van der Waals surface area contributed by atoms with Gasteiger partial charge in [-0.2, -0.15) is 0 Å². The van der Waals surface area contributed by atoms with Crippen molar-refractivity contribution in [1.29, 1.82) is 0 Å². The third-order valence-corrected chi connectivity index (χ3v) is 3.96. The van der Waals surface area contributed by atoms with Crippen LogP contribution in [0.3, 0.4) is 0 Å². The third-order valence-electron chi connectivity index (χ3n) is 3.96. The van der Waals surface area contributed by atoms with Gasteiger partial charge in [-0.25, -0.2) is 0 Å². The highest BCUT2D eigenvalue weighted by Gasteiger charge is 2.04. The van der Waals surface area contributed by atoms with Gasteiger partial charge in [-0.3, -0.25) is 0 Å². The van der Waals surface area contributed by atoms with Crippen molar-refractivity contribution in [2.75, 3.05) is 0 Å². The number of unbranched alkanes of at least 4 members (excludes halogenated alkanes) is 5. The Morgan fingerprint density at radius 1 is 0.846 bits per heavy atom. The van der Waals surface area contributed by atoms with E-state index in [0.29, 0.717) is 6.04 Å². The van der Waals surface area contributed by atoms with Gasteiger partial charge in [0.15, 0.2) is 0 Å². The summed E-state index contributed by atoms with van der Waals surface area (Å²) in [6, 6.07) is 9.05. The van der Waals surface area contributed by atoms with Crippen molar-refractivity contribution in [2.24, 2.45) is 5.73 Å². The van der Waals surface area contributed by atoms with Crippen molar-refractivity contribution in [3.05, 3.63) is 42.0 Å². The molecule has 0 amide bonds. The standard InChI is InChI=1S/C16H24.C6H14.C3H9N/c1-4-6-7-11-14(3)16-13-9-8-12-15(16)10-5-2;1-3-5-6-4-2;1-3(2)4/h8-9,12-13H,3-7,10-11H2,1-2H3;3-6H2,1-2H3;3H,4H2,1-2H3. The van der Waals surface area contributed by atoms with Crippen LogP contribution < -0.4 is 5.73 Å². The second kappa shape index (κ2) is 20.2. The molecule has 0 fully saturated rings. The van der Waals surface area contributed by atoms with Gasteiger partial charge in [0.2, 0.25) is 0 Å². The molecule has 0 aliphatic rings. The van der Waals surface area contributed by atoms with E-state index in [-0.39, 0.29) is 0 Å². The van der Waals surface area contributed by atoms with Gasteiger partial charge in [0.05, 0.1) is 0 Å². The van der Waals surface area contributed by atoms with Crippen LogP contribution >= 0.6 is 0 Å². The number of benzene rings is 1. The van der Waals surface area contributed by atoms with Gasteiger partial charge in [0, 0.05) is 0 Å². The van der Waals surface area contributed by atoms with Crippen LogP contribution in [0.25, 0.3) is 5.57 Å². The fourth-order valence-electron chi connectivity index (χ4n) is 2.58. The van der Waals surface area contributed by atoms with Gasteiger partial charge in [-0.05, 0) is 42.0 Å². The van der Waals surface area contributed by atoms with E-state index in [4.69, 9.17) is 5.73 Å². The molecule has 1 rings (SSSR count). The van der Waals surface area contributed by atoms with Gasteiger partial charge < -0.3 is 5.73 Å². The van der Waals surface area contributed by atoms with Crippen LogP contribution in [0.1, 0.15) is 110 Å². The Morgan fingerprint density at radius 3 is 1.77 bits per heavy atom. The third kappa shape index (κ3) is 17.7. The molecule has 0 heterocycles. The second-order valence-electron chi connectivity index (χ2n) is 7.42. The molecule has 2 N–H and O–H groups in total. The summed E-state index contributed by atoms with van der Waals surface area (Å²) in [4.78, 5) is 0. The van der Waals surface area contributed by atoms with Gasteiger partial charge in [0.25, 0.3) is 0 Å². The topological polar surface area (TPSA) is 26.0 Å². The molecular formula is C25H47N. The smallest absolute Gasteiger partial charge is 0.00179 e. The van der Waals surface area contributed by atoms with Crippen molar-refractivity contribution in [3.63, 3.8) is 0 Å². The lowest BCUT2D eigenvalue weighted by Crippen LogP contribution is -2.06. The summed E-state index contributed by atoms with van der Waals surface area (Å²) in [5.41, 5.74) is 9.28. The highest BCUT2D eigenvalue weighted by molar-refractivity contribution is 5.66. The van der Waals surface area contributed by atoms with E-state index in [1.54, 1.807) is 0 Å². The number of aryl methyl sites for hydroxylation is 1. The Bertz CT molecular complexity index is 413. The first-order valence-electron chi connectivity index (χ1n) is 11.0. The molecular weight excluding hydrogens is 314 g/mol. The minimum atomic E-state index is 0.333. The number of hydrogen-bond acceptors (Lipinski definition) is 1. The van der Waals surface area contributed by atoms with Crippen LogP contribution in [-0.2, 0) is 6.42 Å². The van der Waals surface area contributed by atoms with E-state index >= 15 is 0 Å². The lowest BCUT2D eigenvalue weighted by atomic mass is 9.94. The summed E-state index contributed by atoms with van der Waals surface area (Å²) in [5, 5.41) is 0. The quantitative estimate of drug-likeness (QED) is 0.418. The van der Waals surface area contributed by atoms with Crippen molar-refractivity contribution in [1.82, 2.24) is 0 Å². The summed E-state index contributed by atoms with van der Waals surface area (Å²) in [5.74, 6) is 0. The van der Waals surface area contributed by atoms with Crippen LogP contribution in [0.15, 0.2) is 30.8 Å². The van der Waals surface area contributed by atoms with Crippen LogP contribution in [0.5, 0.6) is 0 Å². The van der Waals surface area contributed by atoms with Crippen molar-refractivity contribution >= 4 is 5.57 Å². The van der Waals surface area contributed by atoms with E-state index in [9.17, 15) is 0 Å². The molecule has 1 heteroatoms. The maximum Gasteiger partial charge on any atom is -0.00179 e. The zero-order valence-corrected chi connectivity index (χ0v) is 18.7. The van der Waals surface area contributed by atoms with Crippen LogP contribution in [0, 0.1) is 0 Å². The zero-order chi connectivity index (χ0) is 20.2. The van der Waals surface area contributed by atoms with Crippen LogP contribution in [0.2, 0.25) is 0 Å². The Morgan fingerprint density at radius 2 is 1.31 bits per heavy atom. The molecule has 0 saturated carbocycles. The molecule has 0 radical (unpaired) electrons. The number of nitrogens with two attached hydrogens (primary N) is 1. The first kappa shape index (κ1) is 27.1. The molecule has 0 spiro atoms. The molecule has 0 aliphatic heterocycles. The molecule has 1 nitrogen and oxygen atoms in total. The molecule has 0 aromatic heterocycles. The fourth-order valence-corrected chi connectivity index (χ4v) is 2.58. The molecule has 1 aromatic carbocycles. The van der Waals surface area contributed by atoms with Gasteiger partial charge in [0.1, 0.15) is 0 Å². The molecule has 0 bridgehead atoms. The average Bonchev–Trinajstić information content (AvgIpc) is 2.61. The molecule has 152 valence electrons. The zero-order valence-electron chi connectivity index (χ0n) is 18.7. The van der Waals surface area contributed by atoms with E-state index in [1.165, 1.54) is 74.5 Å². The normalized spacial score (nSPS) is 9.85. The molecule has 0 unspecified atom stereocenters. The average molecular weight is 362 g/mol. The Kier molecular flexibility index (Phi) is 21.1. The minimum Gasteiger partial charge on any atom is -0.328 e. The van der Waals surface area contributed by atoms with E-state index in [2.05, 4.69) is 58.5 Å². The highest BCUT2D eigenvalue weighted by atomic mass is 14.6. The summed E-state index contributed by atoms with van der Waals surface area (Å²) < 4.78 is 0. The van der Waals surface area contributed by atoms with Crippen LogP contribution in [0.4, 0.5) is 0 Å². The summed E-state index contributed by atoms with van der Waals surface area (Å²) >= 11 is 0. The predicted octanol–water partition coefficient (Wildman–Crippen LogP) is 8.17. The Labute approximate surface area is 165 Å². The lowest BCUT2D eigenvalue weighted by Gasteiger charge is -2.11. The maximum absolute atomic E-state index is 5.11. The fraction of sp³-hybridized carbons (Fsp3) is 0.680. The van der Waals surface area contributed by atoms with E-state index in [1.807, 2.05) is 13.8 Å². The van der Waals surface area contributed by atoms with Crippen molar-refractivity contribution < 1.29 is 0 Å². The molecule has 1 aromatic rings. The first-order valence-corrected chi connectivity index (χ1v) is 11.0. The molecule has 0 saturated heterocycles. The lowest BCUT2D eigenvalue weighted by molar-refractivity contribution is 0.702. The number of rotatable bonds is 10. The van der Waals surface area contributed by atoms with Gasteiger partial charge in [-0.15, -0.1) is 0 Å². The summed E-state index contributed by atoms with van der Waals surface area (Å²) in [6.45, 7) is 17.1. The SMILES string of the molecule is C=C(CCCCC)c1ccccc1CCC.CC(C)N.CCCCCC. The molecule has 0 atom stereocenters. The number of hydrogen-bond donors (Lipinski definition) is 1. The second-order valence-corrected chi connectivity index (χ2v) is 7.42. The van der Waals surface area contributed by atoms with Crippen LogP contribution in [-0.4, -0.2) is 6.04 Å². The van der Waals surface area contributed by atoms with Gasteiger partial charge in [-0.1, -0.05) is 117 Å². The van der Waals surface area contributed by atoms with Gasteiger partial charge >= 0.3 is 0 Å².